The lowest BCUT2D eigenvalue weighted by molar-refractivity contribution is 1.22. The molecule has 142 valence electrons. The standard InChI is InChI=1S/C27H22ClN/c1-18-10-12-22(13-11-18)29(26-9-4-3-6-19(26)2)23-14-15-24-21(17-23)16-20-7-5-8-25(28)27(20)24/h3-15,17H,16H2,1-2H3. The van der Waals surface area contributed by atoms with Gasteiger partial charge in [0.05, 0.1) is 0 Å². The van der Waals surface area contributed by atoms with Crippen LogP contribution in [0.5, 0.6) is 0 Å². The number of rotatable bonds is 3. The van der Waals surface area contributed by atoms with Crippen molar-refractivity contribution in [3.8, 4) is 11.1 Å². The SMILES string of the molecule is Cc1ccc(N(c2ccc3c(c2)Cc2cccc(Cl)c2-3)c2ccccc2C)cc1. The van der Waals surface area contributed by atoms with Crippen LogP contribution < -0.4 is 4.90 Å². The Morgan fingerprint density at radius 2 is 1.48 bits per heavy atom. The van der Waals surface area contributed by atoms with Gasteiger partial charge >= 0.3 is 0 Å². The summed E-state index contributed by atoms with van der Waals surface area (Å²) >= 11 is 6.52. The second-order valence-corrected chi connectivity index (χ2v) is 8.16. The van der Waals surface area contributed by atoms with Crippen LogP contribution in [0.2, 0.25) is 5.02 Å². The van der Waals surface area contributed by atoms with Gasteiger partial charge in [-0.05, 0) is 78.9 Å². The number of fused-ring (bicyclic) bond motifs is 3. The average Bonchev–Trinajstić information content (AvgIpc) is 3.10. The monoisotopic (exact) mass is 395 g/mol. The van der Waals surface area contributed by atoms with Crippen molar-refractivity contribution >= 4 is 28.7 Å². The summed E-state index contributed by atoms with van der Waals surface area (Å²) < 4.78 is 0. The molecule has 0 N–H and O–H groups in total. The molecule has 1 nitrogen and oxygen atoms in total. The molecule has 0 spiro atoms. The molecule has 0 amide bonds. The van der Waals surface area contributed by atoms with Gasteiger partial charge < -0.3 is 4.90 Å². The number of benzene rings is 4. The third-order valence-electron chi connectivity index (χ3n) is 5.75. The predicted molar refractivity (Wildman–Crippen MR) is 124 cm³/mol. The van der Waals surface area contributed by atoms with Crippen LogP contribution in [0.4, 0.5) is 17.1 Å². The zero-order valence-corrected chi connectivity index (χ0v) is 17.4. The van der Waals surface area contributed by atoms with Crippen LogP contribution in [0.3, 0.4) is 0 Å². The highest BCUT2D eigenvalue weighted by molar-refractivity contribution is 6.33. The Hall–Kier alpha value is -3.03. The predicted octanol–water partition coefficient (Wildman–Crippen LogP) is 8.00. The van der Waals surface area contributed by atoms with Crippen LogP contribution in [0.15, 0.2) is 84.9 Å². The highest BCUT2D eigenvalue weighted by atomic mass is 35.5. The van der Waals surface area contributed by atoms with E-state index in [9.17, 15) is 0 Å². The van der Waals surface area contributed by atoms with Crippen molar-refractivity contribution in [2.45, 2.75) is 20.3 Å². The molecule has 4 aromatic carbocycles. The fraction of sp³-hybridized carbons (Fsp3) is 0.111. The second kappa shape index (κ2) is 7.09. The molecule has 0 bridgehead atoms. The van der Waals surface area contributed by atoms with Gasteiger partial charge in [0.2, 0.25) is 0 Å². The molecule has 29 heavy (non-hydrogen) atoms. The molecule has 0 saturated heterocycles. The first-order valence-electron chi connectivity index (χ1n) is 9.95. The molecule has 0 atom stereocenters. The van der Waals surface area contributed by atoms with Gasteiger partial charge in [-0.15, -0.1) is 0 Å². The van der Waals surface area contributed by atoms with Crippen molar-refractivity contribution in [2.75, 3.05) is 4.90 Å². The number of hydrogen-bond donors (Lipinski definition) is 0. The van der Waals surface area contributed by atoms with Crippen molar-refractivity contribution in [1.29, 1.82) is 0 Å². The van der Waals surface area contributed by atoms with Crippen molar-refractivity contribution in [1.82, 2.24) is 0 Å². The lowest BCUT2D eigenvalue weighted by Gasteiger charge is -2.27. The van der Waals surface area contributed by atoms with E-state index in [0.29, 0.717) is 0 Å². The maximum absolute atomic E-state index is 6.52. The lowest BCUT2D eigenvalue weighted by Crippen LogP contribution is -2.11. The molecule has 5 rings (SSSR count). The van der Waals surface area contributed by atoms with E-state index in [0.717, 1.165) is 11.4 Å². The first-order chi connectivity index (χ1) is 14.1. The summed E-state index contributed by atoms with van der Waals surface area (Å²) in [5.41, 5.74) is 11.1. The molecule has 0 saturated carbocycles. The summed E-state index contributed by atoms with van der Waals surface area (Å²) in [6.07, 6.45) is 0.925. The summed E-state index contributed by atoms with van der Waals surface area (Å²) in [6, 6.07) is 30.2. The first-order valence-corrected chi connectivity index (χ1v) is 10.3. The topological polar surface area (TPSA) is 3.24 Å². The van der Waals surface area contributed by atoms with Crippen molar-refractivity contribution in [3.05, 3.63) is 112 Å². The van der Waals surface area contributed by atoms with Crippen LogP contribution in [0.25, 0.3) is 11.1 Å². The Morgan fingerprint density at radius 3 is 2.28 bits per heavy atom. The smallest absolute Gasteiger partial charge is 0.0490 e. The maximum Gasteiger partial charge on any atom is 0.0490 e. The van der Waals surface area contributed by atoms with E-state index in [1.807, 2.05) is 12.1 Å². The van der Waals surface area contributed by atoms with Crippen LogP contribution in [-0.4, -0.2) is 0 Å². The van der Waals surface area contributed by atoms with E-state index in [2.05, 4.69) is 91.5 Å². The Morgan fingerprint density at radius 1 is 0.724 bits per heavy atom. The minimum Gasteiger partial charge on any atom is -0.310 e. The molecule has 2 heteroatoms. The average molecular weight is 396 g/mol. The lowest BCUT2D eigenvalue weighted by atomic mass is 10.0. The van der Waals surface area contributed by atoms with Crippen LogP contribution in [0, 0.1) is 13.8 Å². The van der Waals surface area contributed by atoms with Gasteiger partial charge in [0, 0.05) is 27.6 Å². The highest BCUT2D eigenvalue weighted by Crippen LogP contribution is 2.44. The fourth-order valence-electron chi connectivity index (χ4n) is 4.27. The van der Waals surface area contributed by atoms with Crippen LogP contribution in [0.1, 0.15) is 22.3 Å². The number of anilines is 3. The molecule has 0 fully saturated rings. The second-order valence-electron chi connectivity index (χ2n) is 7.75. The van der Waals surface area contributed by atoms with E-state index < -0.39 is 0 Å². The third-order valence-corrected chi connectivity index (χ3v) is 6.06. The number of para-hydroxylation sites is 1. The molecule has 0 aromatic heterocycles. The van der Waals surface area contributed by atoms with Gasteiger partial charge in [-0.25, -0.2) is 0 Å². The Balaban J connectivity index is 1.66. The van der Waals surface area contributed by atoms with E-state index in [1.165, 1.54) is 50.4 Å². The van der Waals surface area contributed by atoms with Crippen molar-refractivity contribution in [2.24, 2.45) is 0 Å². The van der Waals surface area contributed by atoms with E-state index >= 15 is 0 Å². The van der Waals surface area contributed by atoms with Gasteiger partial charge in [-0.1, -0.05) is 65.7 Å². The molecule has 0 aliphatic heterocycles. The molecular formula is C27H22ClN. The maximum atomic E-state index is 6.52. The minimum absolute atomic E-state index is 0.836. The van der Waals surface area contributed by atoms with Crippen LogP contribution >= 0.6 is 11.6 Å². The van der Waals surface area contributed by atoms with E-state index in [4.69, 9.17) is 11.6 Å². The van der Waals surface area contributed by atoms with Gasteiger partial charge in [0.15, 0.2) is 0 Å². The largest absolute Gasteiger partial charge is 0.310 e. The molecule has 0 heterocycles. The molecule has 0 unspecified atom stereocenters. The Labute approximate surface area is 177 Å². The first kappa shape index (κ1) is 18.0. The zero-order valence-electron chi connectivity index (χ0n) is 16.6. The highest BCUT2D eigenvalue weighted by Gasteiger charge is 2.23. The Kier molecular flexibility index (Phi) is 4.41. The number of aryl methyl sites for hydroxylation is 2. The zero-order chi connectivity index (χ0) is 20.0. The quantitative estimate of drug-likeness (QED) is 0.299. The van der Waals surface area contributed by atoms with Gasteiger partial charge in [0.1, 0.15) is 0 Å². The summed E-state index contributed by atoms with van der Waals surface area (Å²) in [5, 5.41) is 0.836. The summed E-state index contributed by atoms with van der Waals surface area (Å²) in [7, 11) is 0. The van der Waals surface area contributed by atoms with Gasteiger partial charge in [-0.3, -0.25) is 0 Å². The molecule has 1 aliphatic rings. The summed E-state index contributed by atoms with van der Waals surface area (Å²) in [4.78, 5) is 2.35. The third kappa shape index (κ3) is 3.12. The van der Waals surface area contributed by atoms with Crippen molar-refractivity contribution in [3.63, 3.8) is 0 Å². The van der Waals surface area contributed by atoms with Crippen molar-refractivity contribution < 1.29 is 0 Å². The molecular weight excluding hydrogens is 374 g/mol. The molecule has 1 aliphatic carbocycles. The Bertz CT molecular complexity index is 1210. The molecule has 4 aromatic rings. The number of hydrogen-bond acceptors (Lipinski definition) is 1. The van der Waals surface area contributed by atoms with Gasteiger partial charge in [-0.2, -0.15) is 0 Å². The fourth-order valence-corrected chi connectivity index (χ4v) is 4.56. The van der Waals surface area contributed by atoms with E-state index in [-0.39, 0.29) is 0 Å². The normalized spacial score (nSPS) is 11.8. The summed E-state index contributed by atoms with van der Waals surface area (Å²) in [5.74, 6) is 0. The number of nitrogens with zero attached hydrogens (tertiary/aromatic N) is 1. The van der Waals surface area contributed by atoms with Crippen LogP contribution in [-0.2, 0) is 6.42 Å². The minimum atomic E-state index is 0.836. The summed E-state index contributed by atoms with van der Waals surface area (Å²) in [6.45, 7) is 4.29. The number of halogens is 1. The van der Waals surface area contributed by atoms with Gasteiger partial charge in [0.25, 0.3) is 0 Å². The van der Waals surface area contributed by atoms with E-state index in [1.54, 1.807) is 0 Å². The molecule has 0 radical (unpaired) electrons.